The third kappa shape index (κ3) is 3.80. The molecule has 7 nitrogen and oxygen atoms in total. The number of fused-ring (bicyclic) bond motifs is 1. The second kappa shape index (κ2) is 8.06. The summed E-state index contributed by atoms with van der Waals surface area (Å²) in [7, 11) is 0. The molecule has 0 fully saturated rings. The third-order valence-corrected chi connectivity index (χ3v) is 5.20. The topological polar surface area (TPSA) is 101 Å². The van der Waals surface area contributed by atoms with Crippen molar-refractivity contribution in [3.63, 3.8) is 0 Å². The van der Waals surface area contributed by atoms with Gasteiger partial charge >= 0.3 is 5.97 Å². The van der Waals surface area contributed by atoms with Gasteiger partial charge in [-0.2, -0.15) is 5.26 Å². The first kappa shape index (κ1) is 19.3. The number of hydrogen-bond acceptors (Lipinski definition) is 6. The second-order valence-corrected chi connectivity index (χ2v) is 7.07. The maximum Gasteiger partial charge on any atom is 0.348 e. The molecule has 0 unspecified atom stereocenters. The molecule has 142 valence electrons. The van der Waals surface area contributed by atoms with E-state index in [2.05, 4.69) is 5.32 Å². The first-order valence-electron chi connectivity index (χ1n) is 8.54. The molecule has 1 N–H and O–H groups in total. The summed E-state index contributed by atoms with van der Waals surface area (Å²) in [6, 6.07) is 10.4. The molecule has 1 aromatic carbocycles. The number of anilines is 1. The lowest BCUT2D eigenvalue weighted by Gasteiger charge is -2.11. The molecule has 0 bridgehead atoms. The van der Waals surface area contributed by atoms with Crippen LogP contribution in [0, 0.1) is 18.3 Å². The van der Waals surface area contributed by atoms with Gasteiger partial charge in [-0.15, -0.1) is 11.3 Å². The van der Waals surface area contributed by atoms with Crippen molar-refractivity contribution in [3.05, 3.63) is 62.8 Å². The van der Waals surface area contributed by atoms with Gasteiger partial charge in [0.2, 0.25) is 11.3 Å². The van der Waals surface area contributed by atoms with Gasteiger partial charge in [0, 0.05) is 11.6 Å². The molecule has 0 spiro atoms. The summed E-state index contributed by atoms with van der Waals surface area (Å²) >= 11 is 1.14. The number of ether oxygens (including phenoxy) is 1. The van der Waals surface area contributed by atoms with Crippen LogP contribution in [0.1, 0.15) is 27.7 Å². The minimum Gasteiger partial charge on any atom is -0.462 e. The fraction of sp³-hybridized carbons (Fsp3) is 0.200. The molecule has 0 saturated heterocycles. The van der Waals surface area contributed by atoms with Crippen molar-refractivity contribution in [1.29, 1.82) is 5.26 Å². The summed E-state index contributed by atoms with van der Waals surface area (Å²) in [5.74, 6) is -0.759. The zero-order valence-corrected chi connectivity index (χ0v) is 16.1. The molecule has 3 rings (SSSR count). The Balaban J connectivity index is 1.86. The van der Waals surface area contributed by atoms with E-state index in [4.69, 9.17) is 4.74 Å². The van der Waals surface area contributed by atoms with Crippen molar-refractivity contribution in [2.45, 2.75) is 20.4 Å². The van der Waals surface area contributed by atoms with E-state index in [1.807, 2.05) is 6.07 Å². The number of thiophene rings is 1. The van der Waals surface area contributed by atoms with Gasteiger partial charge in [0.05, 0.1) is 17.1 Å². The fourth-order valence-electron chi connectivity index (χ4n) is 2.83. The number of aryl methyl sites for hydroxylation is 1. The van der Waals surface area contributed by atoms with E-state index < -0.39 is 5.97 Å². The quantitative estimate of drug-likeness (QED) is 0.669. The lowest BCUT2D eigenvalue weighted by atomic mass is 10.1. The van der Waals surface area contributed by atoms with Crippen molar-refractivity contribution in [1.82, 2.24) is 4.57 Å². The van der Waals surface area contributed by atoms with E-state index in [1.165, 1.54) is 6.20 Å². The lowest BCUT2D eigenvalue weighted by molar-refractivity contribution is -0.116. The van der Waals surface area contributed by atoms with Crippen LogP contribution in [0.3, 0.4) is 0 Å². The average molecular weight is 395 g/mol. The second-order valence-electron chi connectivity index (χ2n) is 6.02. The van der Waals surface area contributed by atoms with Gasteiger partial charge < -0.3 is 14.6 Å². The molecule has 2 aromatic heterocycles. The number of benzene rings is 1. The summed E-state index contributed by atoms with van der Waals surface area (Å²) in [6.07, 6.45) is 1.38. The molecule has 0 saturated carbocycles. The van der Waals surface area contributed by atoms with Crippen molar-refractivity contribution in [2.24, 2.45) is 0 Å². The van der Waals surface area contributed by atoms with Gasteiger partial charge in [0.1, 0.15) is 23.1 Å². The van der Waals surface area contributed by atoms with Gasteiger partial charge in [-0.05, 0) is 37.6 Å². The maximum absolute atomic E-state index is 12.5. The molecule has 1 amide bonds. The molecule has 0 atom stereocenters. The van der Waals surface area contributed by atoms with Gasteiger partial charge in [-0.25, -0.2) is 4.79 Å². The summed E-state index contributed by atoms with van der Waals surface area (Å²) in [6.45, 7) is 3.69. The number of nitrogens with zero attached hydrogens (tertiary/aromatic N) is 2. The molecular formula is C20H17N3O4S. The molecule has 8 heteroatoms. The van der Waals surface area contributed by atoms with Crippen LogP contribution in [-0.4, -0.2) is 23.1 Å². The van der Waals surface area contributed by atoms with Crippen molar-refractivity contribution >= 4 is 39.1 Å². The number of aromatic nitrogens is 1. The number of esters is 1. The van der Waals surface area contributed by atoms with Crippen LogP contribution in [0.4, 0.5) is 5.00 Å². The average Bonchev–Trinajstić information content (AvgIpc) is 3.04. The summed E-state index contributed by atoms with van der Waals surface area (Å²) < 4.78 is 6.57. The van der Waals surface area contributed by atoms with Crippen molar-refractivity contribution < 1.29 is 14.3 Å². The number of nitrogens with one attached hydrogen (secondary N) is 1. The number of hydrogen-bond donors (Lipinski definition) is 1. The van der Waals surface area contributed by atoms with E-state index in [0.29, 0.717) is 20.8 Å². The van der Waals surface area contributed by atoms with Gasteiger partial charge in [0.15, 0.2) is 0 Å². The van der Waals surface area contributed by atoms with Crippen molar-refractivity contribution in [3.8, 4) is 6.07 Å². The predicted octanol–water partition coefficient (Wildman–Crippen LogP) is 3.06. The first-order valence-corrected chi connectivity index (χ1v) is 9.36. The number of pyridine rings is 1. The molecule has 28 heavy (non-hydrogen) atoms. The maximum atomic E-state index is 12.5. The summed E-state index contributed by atoms with van der Waals surface area (Å²) in [5, 5.41) is 12.9. The Morgan fingerprint density at radius 1 is 1.32 bits per heavy atom. The van der Waals surface area contributed by atoms with Crippen LogP contribution >= 0.6 is 11.3 Å². The zero-order valence-electron chi connectivity index (χ0n) is 15.3. The Kier molecular flexibility index (Phi) is 5.57. The van der Waals surface area contributed by atoms with E-state index in [0.717, 1.165) is 16.9 Å². The van der Waals surface area contributed by atoms with Crippen LogP contribution in [0.2, 0.25) is 0 Å². The Hall–Kier alpha value is -3.44. The number of amides is 1. The highest BCUT2D eigenvalue weighted by molar-refractivity contribution is 7.18. The molecule has 0 aliphatic heterocycles. The van der Waals surface area contributed by atoms with Crippen molar-refractivity contribution in [2.75, 3.05) is 11.9 Å². The normalized spacial score (nSPS) is 10.5. The largest absolute Gasteiger partial charge is 0.462 e. The Bertz CT molecular complexity index is 1170. The van der Waals surface area contributed by atoms with Crippen LogP contribution in [-0.2, 0) is 16.1 Å². The molecular weight excluding hydrogens is 378 g/mol. The highest BCUT2D eigenvalue weighted by Gasteiger charge is 2.17. The minimum absolute atomic E-state index is 0.0249. The first-order chi connectivity index (χ1) is 13.4. The Morgan fingerprint density at radius 3 is 2.79 bits per heavy atom. The van der Waals surface area contributed by atoms with Crippen LogP contribution < -0.4 is 10.7 Å². The van der Waals surface area contributed by atoms with E-state index in [1.54, 1.807) is 48.7 Å². The monoisotopic (exact) mass is 395 g/mol. The van der Waals surface area contributed by atoms with E-state index >= 15 is 0 Å². The number of rotatable bonds is 5. The van der Waals surface area contributed by atoms with E-state index in [-0.39, 0.29) is 30.1 Å². The highest BCUT2D eigenvalue weighted by Crippen LogP contribution is 2.27. The molecule has 2 heterocycles. The van der Waals surface area contributed by atoms with Crippen LogP contribution in [0.25, 0.3) is 10.9 Å². The SMILES string of the molecule is CCOC(=O)c1sc(NC(=O)Cn2cc(C#N)c(=O)c3ccccc32)cc1C. The number of carbonyl (C=O) groups excluding carboxylic acids is 2. The van der Waals surface area contributed by atoms with Crippen LogP contribution in [0.5, 0.6) is 0 Å². The summed E-state index contributed by atoms with van der Waals surface area (Å²) in [4.78, 5) is 37.1. The third-order valence-electron chi connectivity index (χ3n) is 4.06. The molecule has 0 radical (unpaired) electrons. The molecule has 3 aromatic rings. The Labute approximate surface area is 164 Å². The van der Waals surface area contributed by atoms with E-state index in [9.17, 15) is 19.6 Å². The van der Waals surface area contributed by atoms with Gasteiger partial charge in [-0.1, -0.05) is 12.1 Å². The van der Waals surface area contributed by atoms with Gasteiger partial charge in [0.25, 0.3) is 0 Å². The minimum atomic E-state index is -0.421. The lowest BCUT2D eigenvalue weighted by Crippen LogP contribution is -2.21. The van der Waals surface area contributed by atoms with Gasteiger partial charge in [-0.3, -0.25) is 9.59 Å². The number of nitriles is 1. The number of para-hydroxylation sites is 1. The Morgan fingerprint density at radius 2 is 2.07 bits per heavy atom. The fourth-order valence-corrected chi connectivity index (χ4v) is 3.81. The number of carbonyl (C=O) groups is 2. The summed E-state index contributed by atoms with van der Waals surface area (Å²) in [5.41, 5.74) is 0.904. The smallest absolute Gasteiger partial charge is 0.348 e. The predicted molar refractivity (Wildman–Crippen MR) is 107 cm³/mol. The standard InChI is InChI=1S/C20H17N3O4S/c1-3-27-20(26)19-12(2)8-17(28-19)22-16(24)11-23-10-13(9-21)18(25)14-6-4-5-7-15(14)23/h4-8,10H,3,11H2,1-2H3,(H,22,24). The zero-order chi connectivity index (χ0) is 20.3. The molecule has 0 aliphatic carbocycles. The highest BCUT2D eigenvalue weighted by atomic mass is 32.1. The van der Waals surface area contributed by atoms with Crippen LogP contribution in [0.15, 0.2) is 41.3 Å². The molecule has 0 aliphatic rings.